The van der Waals surface area contributed by atoms with Gasteiger partial charge in [-0.05, 0) is 24.3 Å². The summed E-state index contributed by atoms with van der Waals surface area (Å²) < 4.78 is 7.40. The van der Waals surface area contributed by atoms with Gasteiger partial charge in [0.25, 0.3) is 0 Å². The molecule has 5 aromatic rings. The lowest BCUT2D eigenvalue weighted by molar-refractivity contribution is 0.561. The number of para-hydroxylation sites is 2. The minimum absolute atomic E-state index is 0.353. The monoisotopic (exact) mass is 338 g/mol. The van der Waals surface area contributed by atoms with Gasteiger partial charge in [-0.1, -0.05) is 42.5 Å². The summed E-state index contributed by atoms with van der Waals surface area (Å²) in [5, 5.41) is 1.98. The van der Waals surface area contributed by atoms with Crippen LogP contribution in [0.4, 0.5) is 0 Å². The van der Waals surface area contributed by atoms with Gasteiger partial charge in [0, 0.05) is 40.4 Å². The number of benzene rings is 2. The van der Waals surface area contributed by atoms with Crippen LogP contribution in [-0.4, -0.2) is 9.55 Å². The number of aromatic nitrogens is 2. The number of nitrogens with zero attached hydrogens (tertiary/aromatic N) is 2. The van der Waals surface area contributed by atoms with E-state index in [0.717, 1.165) is 33.2 Å². The van der Waals surface area contributed by atoms with Gasteiger partial charge in [0.15, 0.2) is 0 Å². The van der Waals surface area contributed by atoms with Crippen molar-refractivity contribution < 1.29 is 4.42 Å². The van der Waals surface area contributed by atoms with Gasteiger partial charge in [-0.2, -0.15) is 0 Å². The van der Waals surface area contributed by atoms with E-state index in [1.165, 1.54) is 0 Å². The Morgan fingerprint density at radius 3 is 2.42 bits per heavy atom. The van der Waals surface area contributed by atoms with Gasteiger partial charge in [-0.3, -0.25) is 0 Å². The molecule has 0 saturated heterocycles. The molecule has 2 aromatic carbocycles. The van der Waals surface area contributed by atoms with Crippen molar-refractivity contribution in [1.29, 1.82) is 0 Å². The molecule has 0 aliphatic heterocycles. The van der Waals surface area contributed by atoms with Gasteiger partial charge in [0.1, 0.15) is 11.4 Å². The summed E-state index contributed by atoms with van der Waals surface area (Å²) in [6.07, 6.45) is 3.81. The molecule has 0 N–H and O–H groups in total. The molecule has 124 valence electrons. The molecule has 4 heteroatoms. The maximum absolute atomic E-state index is 12.1. The maximum atomic E-state index is 12.1. The lowest BCUT2D eigenvalue weighted by atomic mass is 10.0. The Labute approximate surface area is 149 Å². The van der Waals surface area contributed by atoms with Gasteiger partial charge in [-0.15, -0.1) is 0 Å². The van der Waals surface area contributed by atoms with Gasteiger partial charge in [0.05, 0.1) is 5.52 Å². The topological polar surface area (TPSA) is 48.0 Å². The fourth-order valence-corrected chi connectivity index (χ4v) is 3.41. The first kappa shape index (κ1) is 14.7. The highest BCUT2D eigenvalue weighted by Gasteiger charge is 2.15. The number of hydrogen-bond donors (Lipinski definition) is 0. The molecule has 0 bridgehead atoms. The van der Waals surface area contributed by atoms with E-state index in [1.54, 1.807) is 12.3 Å². The SMILES string of the molecule is O=c1cc(-c2cn(-c3ccccn3)c3ccccc23)c2ccccc2o1. The molecular weight excluding hydrogens is 324 g/mol. The molecular formula is C22H14N2O2. The zero-order valence-electron chi connectivity index (χ0n) is 13.8. The van der Waals surface area contributed by atoms with Gasteiger partial charge >= 0.3 is 5.63 Å². The van der Waals surface area contributed by atoms with Crippen LogP contribution >= 0.6 is 0 Å². The fourth-order valence-electron chi connectivity index (χ4n) is 3.41. The number of hydrogen-bond acceptors (Lipinski definition) is 3. The van der Waals surface area contributed by atoms with Crippen molar-refractivity contribution >= 4 is 21.9 Å². The molecule has 5 rings (SSSR count). The highest BCUT2D eigenvalue weighted by atomic mass is 16.4. The van der Waals surface area contributed by atoms with Crippen LogP contribution in [-0.2, 0) is 0 Å². The zero-order chi connectivity index (χ0) is 17.5. The Morgan fingerprint density at radius 2 is 1.58 bits per heavy atom. The maximum Gasteiger partial charge on any atom is 0.336 e. The summed E-state index contributed by atoms with van der Waals surface area (Å²) in [4.78, 5) is 16.6. The van der Waals surface area contributed by atoms with E-state index in [0.29, 0.717) is 5.58 Å². The molecule has 0 spiro atoms. The summed E-state index contributed by atoms with van der Waals surface area (Å²) in [5.41, 5.74) is 3.12. The Kier molecular flexibility index (Phi) is 3.22. The first-order valence-corrected chi connectivity index (χ1v) is 8.36. The normalized spacial score (nSPS) is 11.2. The van der Waals surface area contributed by atoms with E-state index in [4.69, 9.17) is 4.42 Å². The van der Waals surface area contributed by atoms with Crippen LogP contribution in [0.1, 0.15) is 0 Å². The van der Waals surface area contributed by atoms with Crippen molar-refractivity contribution in [3.63, 3.8) is 0 Å². The predicted molar refractivity (Wildman–Crippen MR) is 103 cm³/mol. The first-order chi connectivity index (χ1) is 12.8. The Hall–Kier alpha value is -3.66. The number of pyridine rings is 1. The Bertz CT molecular complexity index is 1300. The molecule has 0 radical (unpaired) electrons. The fraction of sp³-hybridized carbons (Fsp3) is 0. The van der Waals surface area contributed by atoms with Crippen molar-refractivity contribution in [2.75, 3.05) is 0 Å². The quantitative estimate of drug-likeness (QED) is 0.434. The molecule has 0 aliphatic rings. The molecule has 0 atom stereocenters. The van der Waals surface area contributed by atoms with Crippen LogP contribution in [0.2, 0.25) is 0 Å². The van der Waals surface area contributed by atoms with Crippen LogP contribution in [0.3, 0.4) is 0 Å². The molecule has 0 fully saturated rings. The van der Waals surface area contributed by atoms with E-state index < -0.39 is 0 Å². The van der Waals surface area contributed by atoms with Crippen LogP contribution in [0, 0.1) is 0 Å². The molecule has 26 heavy (non-hydrogen) atoms. The molecule has 0 unspecified atom stereocenters. The van der Waals surface area contributed by atoms with Crippen molar-refractivity contribution in [3.05, 3.63) is 95.6 Å². The molecule has 3 aromatic heterocycles. The number of fused-ring (bicyclic) bond motifs is 2. The lowest BCUT2D eigenvalue weighted by Gasteiger charge is -2.04. The second-order valence-corrected chi connectivity index (χ2v) is 6.09. The van der Waals surface area contributed by atoms with Crippen LogP contribution in [0.15, 0.2) is 94.4 Å². The second-order valence-electron chi connectivity index (χ2n) is 6.09. The van der Waals surface area contributed by atoms with E-state index >= 15 is 0 Å². The van der Waals surface area contributed by atoms with Crippen LogP contribution in [0.25, 0.3) is 38.8 Å². The van der Waals surface area contributed by atoms with Gasteiger partial charge in [0.2, 0.25) is 0 Å². The molecule has 3 heterocycles. The van der Waals surface area contributed by atoms with Crippen molar-refractivity contribution in [2.24, 2.45) is 0 Å². The van der Waals surface area contributed by atoms with Gasteiger partial charge in [-0.25, -0.2) is 9.78 Å². The van der Waals surface area contributed by atoms with E-state index in [9.17, 15) is 4.79 Å². The van der Waals surface area contributed by atoms with Crippen LogP contribution in [0.5, 0.6) is 0 Å². The Balaban J connectivity index is 1.89. The minimum atomic E-state index is -0.353. The average Bonchev–Trinajstić information content (AvgIpc) is 3.07. The molecule has 0 amide bonds. The third-order valence-electron chi connectivity index (χ3n) is 4.55. The third-order valence-corrected chi connectivity index (χ3v) is 4.55. The van der Waals surface area contributed by atoms with Crippen molar-refractivity contribution in [1.82, 2.24) is 9.55 Å². The van der Waals surface area contributed by atoms with Crippen molar-refractivity contribution in [3.8, 4) is 16.9 Å². The number of rotatable bonds is 2. The van der Waals surface area contributed by atoms with E-state index in [1.807, 2.05) is 65.4 Å². The smallest absolute Gasteiger partial charge is 0.336 e. The summed E-state index contributed by atoms with van der Waals surface area (Å²) in [5.74, 6) is 0.835. The summed E-state index contributed by atoms with van der Waals surface area (Å²) in [7, 11) is 0. The third kappa shape index (κ3) is 2.24. The molecule has 0 saturated carbocycles. The van der Waals surface area contributed by atoms with Crippen molar-refractivity contribution in [2.45, 2.75) is 0 Å². The Morgan fingerprint density at radius 1 is 0.808 bits per heavy atom. The largest absolute Gasteiger partial charge is 0.423 e. The minimum Gasteiger partial charge on any atom is -0.423 e. The second kappa shape index (κ2) is 5.70. The molecule has 0 aliphatic carbocycles. The standard InChI is InChI=1S/C22H14N2O2/c25-22-13-17(16-8-2-4-10-20(16)26-22)18-14-24(21-11-5-6-12-23-21)19-9-3-1-7-15(18)19/h1-14H. The summed E-state index contributed by atoms with van der Waals surface area (Å²) in [6.45, 7) is 0. The zero-order valence-corrected chi connectivity index (χ0v) is 13.8. The van der Waals surface area contributed by atoms with E-state index in [-0.39, 0.29) is 5.63 Å². The van der Waals surface area contributed by atoms with E-state index in [2.05, 4.69) is 17.1 Å². The highest BCUT2D eigenvalue weighted by molar-refractivity contribution is 6.04. The summed E-state index contributed by atoms with van der Waals surface area (Å²) in [6, 6.07) is 23.1. The van der Waals surface area contributed by atoms with Crippen LogP contribution < -0.4 is 5.63 Å². The summed E-state index contributed by atoms with van der Waals surface area (Å²) >= 11 is 0. The average molecular weight is 338 g/mol. The lowest BCUT2D eigenvalue weighted by Crippen LogP contribution is -1.98. The van der Waals surface area contributed by atoms with Gasteiger partial charge < -0.3 is 8.98 Å². The highest BCUT2D eigenvalue weighted by Crippen LogP contribution is 2.35. The molecule has 4 nitrogen and oxygen atoms in total. The first-order valence-electron chi connectivity index (χ1n) is 8.36. The predicted octanol–water partition coefficient (Wildman–Crippen LogP) is 4.80.